The van der Waals surface area contributed by atoms with Crippen molar-refractivity contribution < 1.29 is 14.4 Å². The molecule has 1 aromatic carbocycles. The molecule has 2 heterocycles. The Bertz CT molecular complexity index is 862. The first-order valence-corrected chi connectivity index (χ1v) is 11.9. The fourth-order valence-corrected chi connectivity index (χ4v) is 5.30. The first-order chi connectivity index (χ1) is 15.6. The molecule has 1 aliphatic carbocycles. The van der Waals surface area contributed by atoms with Crippen molar-refractivity contribution in [2.24, 2.45) is 11.8 Å². The normalized spacial score (nSPS) is 23.5. The van der Waals surface area contributed by atoms with Crippen molar-refractivity contribution in [3.05, 3.63) is 42.5 Å². The van der Waals surface area contributed by atoms with E-state index in [9.17, 15) is 14.4 Å². The summed E-state index contributed by atoms with van der Waals surface area (Å²) in [5.41, 5.74) is 2.23. The van der Waals surface area contributed by atoms with Crippen molar-refractivity contribution >= 4 is 23.4 Å². The van der Waals surface area contributed by atoms with E-state index in [2.05, 4.69) is 22.9 Å². The van der Waals surface area contributed by atoms with E-state index in [4.69, 9.17) is 0 Å². The van der Waals surface area contributed by atoms with E-state index in [-0.39, 0.29) is 29.6 Å². The van der Waals surface area contributed by atoms with Gasteiger partial charge in [-0.05, 0) is 30.9 Å². The smallest absolute Gasteiger partial charge is 0.234 e. The second kappa shape index (κ2) is 10.3. The van der Waals surface area contributed by atoms with E-state index < -0.39 is 0 Å². The monoisotopic (exact) mass is 438 g/mol. The van der Waals surface area contributed by atoms with Crippen LogP contribution in [0.3, 0.4) is 0 Å². The molecule has 0 radical (unpaired) electrons. The number of para-hydroxylation sites is 1. The van der Waals surface area contributed by atoms with E-state index in [0.29, 0.717) is 45.8 Å². The molecular weight excluding hydrogens is 404 g/mol. The average Bonchev–Trinajstić information content (AvgIpc) is 3.26. The fraction of sp³-hybridized carbons (Fsp3) is 0.560. The molecule has 172 valence electrons. The van der Waals surface area contributed by atoms with Gasteiger partial charge in [-0.1, -0.05) is 37.1 Å². The Labute approximate surface area is 190 Å². The lowest BCUT2D eigenvalue weighted by molar-refractivity contribution is -0.144. The summed E-state index contributed by atoms with van der Waals surface area (Å²) in [7, 11) is 0. The third-order valence-corrected chi connectivity index (χ3v) is 7.05. The Balaban J connectivity index is 1.36. The minimum absolute atomic E-state index is 0.0199. The van der Waals surface area contributed by atoms with Crippen molar-refractivity contribution in [2.75, 3.05) is 50.7 Å². The van der Waals surface area contributed by atoms with Crippen molar-refractivity contribution in [3.63, 3.8) is 0 Å². The lowest BCUT2D eigenvalue weighted by Crippen LogP contribution is -2.54. The Kier molecular flexibility index (Phi) is 7.25. The molecule has 32 heavy (non-hydrogen) atoms. The molecule has 2 unspecified atom stereocenters. The third-order valence-electron chi connectivity index (χ3n) is 7.05. The molecule has 4 rings (SSSR count). The van der Waals surface area contributed by atoms with Gasteiger partial charge in [0.25, 0.3) is 0 Å². The van der Waals surface area contributed by atoms with Gasteiger partial charge in [-0.25, -0.2) is 0 Å². The summed E-state index contributed by atoms with van der Waals surface area (Å²) in [5, 5.41) is 2.80. The standard InChI is InChI=1S/C25H34N4O3/c1-2-12-26-23(30)18-27-14-16-28(17-15-27)24(31)20-8-4-5-9-21(20)25(32)29-13-11-19-7-3-6-10-22(19)29/h2-3,6-7,10,20-21H,1,4-5,8-9,11-18H2,(H,26,30). The number of anilines is 1. The summed E-state index contributed by atoms with van der Waals surface area (Å²) in [6, 6.07) is 8.10. The van der Waals surface area contributed by atoms with Crippen LogP contribution in [0.25, 0.3) is 0 Å². The van der Waals surface area contributed by atoms with Crippen LogP contribution in [0.2, 0.25) is 0 Å². The van der Waals surface area contributed by atoms with Crippen molar-refractivity contribution in [2.45, 2.75) is 32.1 Å². The van der Waals surface area contributed by atoms with Crippen LogP contribution in [0.15, 0.2) is 36.9 Å². The third kappa shape index (κ3) is 4.88. The average molecular weight is 439 g/mol. The molecular formula is C25H34N4O3. The summed E-state index contributed by atoms with van der Waals surface area (Å²) in [6.45, 7) is 7.70. The molecule has 1 saturated heterocycles. The minimum Gasteiger partial charge on any atom is -0.352 e. The number of fused-ring (bicyclic) bond motifs is 1. The number of nitrogens with zero attached hydrogens (tertiary/aromatic N) is 3. The molecule has 2 aliphatic heterocycles. The van der Waals surface area contributed by atoms with E-state index >= 15 is 0 Å². The van der Waals surface area contributed by atoms with Crippen molar-refractivity contribution in [1.82, 2.24) is 15.1 Å². The largest absolute Gasteiger partial charge is 0.352 e. The van der Waals surface area contributed by atoms with E-state index in [1.165, 1.54) is 5.56 Å². The zero-order valence-electron chi connectivity index (χ0n) is 18.8. The summed E-state index contributed by atoms with van der Waals surface area (Å²) in [5.74, 6) is -0.248. The minimum atomic E-state index is -0.231. The van der Waals surface area contributed by atoms with E-state index in [1.54, 1.807) is 6.08 Å². The van der Waals surface area contributed by atoms with Gasteiger partial charge in [-0.2, -0.15) is 0 Å². The molecule has 3 amide bonds. The van der Waals surface area contributed by atoms with Crippen LogP contribution in [-0.4, -0.2) is 73.3 Å². The number of rotatable bonds is 6. The second-order valence-electron chi connectivity index (χ2n) is 9.06. The van der Waals surface area contributed by atoms with Gasteiger partial charge in [0.15, 0.2) is 0 Å². The van der Waals surface area contributed by atoms with Crippen LogP contribution >= 0.6 is 0 Å². The van der Waals surface area contributed by atoms with Crippen LogP contribution in [0, 0.1) is 11.8 Å². The summed E-state index contributed by atoms with van der Waals surface area (Å²) in [6.07, 6.45) is 6.13. The number of hydrogen-bond donors (Lipinski definition) is 1. The molecule has 1 N–H and O–H groups in total. The van der Waals surface area contributed by atoms with E-state index in [1.807, 2.05) is 28.0 Å². The van der Waals surface area contributed by atoms with Crippen LogP contribution in [0.5, 0.6) is 0 Å². The summed E-state index contributed by atoms with van der Waals surface area (Å²) < 4.78 is 0. The molecule has 2 atom stereocenters. The zero-order valence-corrected chi connectivity index (χ0v) is 18.8. The zero-order chi connectivity index (χ0) is 22.5. The molecule has 7 nitrogen and oxygen atoms in total. The van der Waals surface area contributed by atoms with Gasteiger partial charge >= 0.3 is 0 Å². The molecule has 0 bridgehead atoms. The summed E-state index contributed by atoms with van der Waals surface area (Å²) in [4.78, 5) is 44.8. The van der Waals surface area contributed by atoms with Crippen LogP contribution < -0.4 is 10.2 Å². The Morgan fingerprint density at radius 1 is 0.969 bits per heavy atom. The van der Waals surface area contributed by atoms with E-state index in [0.717, 1.165) is 37.8 Å². The Morgan fingerprint density at radius 2 is 1.66 bits per heavy atom. The number of hydrogen-bond acceptors (Lipinski definition) is 4. The number of benzene rings is 1. The highest BCUT2D eigenvalue weighted by Crippen LogP contribution is 2.36. The number of nitrogens with one attached hydrogen (secondary N) is 1. The van der Waals surface area contributed by atoms with Crippen molar-refractivity contribution in [1.29, 1.82) is 0 Å². The number of piperazine rings is 1. The Morgan fingerprint density at radius 3 is 2.38 bits per heavy atom. The van der Waals surface area contributed by atoms with Gasteiger partial charge in [-0.15, -0.1) is 6.58 Å². The lowest BCUT2D eigenvalue weighted by atomic mass is 9.77. The van der Waals surface area contributed by atoms with Gasteiger partial charge in [0.2, 0.25) is 17.7 Å². The first kappa shape index (κ1) is 22.5. The van der Waals surface area contributed by atoms with Gasteiger partial charge in [-0.3, -0.25) is 19.3 Å². The number of carbonyl (C=O) groups is 3. The fourth-order valence-electron chi connectivity index (χ4n) is 5.30. The number of amides is 3. The lowest BCUT2D eigenvalue weighted by Gasteiger charge is -2.39. The first-order valence-electron chi connectivity index (χ1n) is 11.9. The van der Waals surface area contributed by atoms with Gasteiger partial charge in [0, 0.05) is 50.9 Å². The molecule has 7 heteroatoms. The number of carbonyl (C=O) groups excluding carboxylic acids is 3. The molecule has 0 aromatic heterocycles. The van der Waals surface area contributed by atoms with Crippen LogP contribution in [-0.2, 0) is 20.8 Å². The maximum Gasteiger partial charge on any atom is 0.234 e. The van der Waals surface area contributed by atoms with Gasteiger partial charge in [0.05, 0.1) is 12.5 Å². The maximum absolute atomic E-state index is 13.5. The van der Waals surface area contributed by atoms with Gasteiger partial charge < -0.3 is 15.1 Å². The predicted octanol–water partition coefficient (Wildman–Crippen LogP) is 1.83. The molecule has 0 spiro atoms. The van der Waals surface area contributed by atoms with Gasteiger partial charge in [0.1, 0.15) is 0 Å². The highest BCUT2D eigenvalue weighted by atomic mass is 16.2. The maximum atomic E-state index is 13.5. The van der Waals surface area contributed by atoms with Crippen LogP contribution in [0.1, 0.15) is 31.2 Å². The second-order valence-corrected chi connectivity index (χ2v) is 9.06. The molecule has 3 aliphatic rings. The highest BCUT2D eigenvalue weighted by molar-refractivity contribution is 5.99. The summed E-state index contributed by atoms with van der Waals surface area (Å²) >= 11 is 0. The topological polar surface area (TPSA) is 73.0 Å². The highest BCUT2D eigenvalue weighted by Gasteiger charge is 2.41. The van der Waals surface area contributed by atoms with Crippen molar-refractivity contribution in [3.8, 4) is 0 Å². The molecule has 2 fully saturated rings. The predicted molar refractivity (Wildman–Crippen MR) is 124 cm³/mol. The van der Waals surface area contributed by atoms with Crippen LogP contribution in [0.4, 0.5) is 5.69 Å². The molecule has 1 aromatic rings. The Hall–Kier alpha value is -2.67. The molecule has 1 saturated carbocycles. The SMILES string of the molecule is C=CCNC(=O)CN1CCN(C(=O)C2CCCCC2C(=O)N2CCc3ccccc32)CC1. The quantitative estimate of drug-likeness (QED) is 0.688.